The molecule has 2 aliphatic rings. The second-order valence-corrected chi connectivity index (χ2v) is 7.78. The van der Waals surface area contributed by atoms with Crippen molar-refractivity contribution in [1.29, 1.82) is 0 Å². The Hall–Kier alpha value is -2.74. The Morgan fingerprint density at radius 3 is 2.66 bits per heavy atom. The Kier molecular flexibility index (Phi) is 5.36. The predicted octanol–water partition coefficient (Wildman–Crippen LogP) is 2.91. The summed E-state index contributed by atoms with van der Waals surface area (Å²) in [5.74, 6) is 0.491. The van der Waals surface area contributed by atoms with Crippen molar-refractivity contribution in [3.63, 3.8) is 0 Å². The molecule has 8 nitrogen and oxygen atoms in total. The second kappa shape index (κ2) is 7.94. The van der Waals surface area contributed by atoms with Crippen LogP contribution in [0.15, 0.2) is 18.2 Å². The molecule has 0 aliphatic carbocycles. The highest BCUT2D eigenvalue weighted by molar-refractivity contribution is 6.31. The summed E-state index contributed by atoms with van der Waals surface area (Å²) >= 11 is 6.06. The van der Waals surface area contributed by atoms with E-state index in [9.17, 15) is 9.59 Å². The van der Waals surface area contributed by atoms with E-state index in [2.05, 4.69) is 10.4 Å². The highest BCUT2D eigenvalue weighted by Gasteiger charge is 2.32. The predicted molar refractivity (Wildman–Crippen MR) is 109 cm³/mol. The number of hydrogen-bond donors (Lipinski definition) is 1. The van der Waals surface area contributed by atoms with Crippen molar-refractivity contribution >= 4 is 29.2 Å². The maximum absolute atomic E-state index is 12.9. The molecule has 0 unspecified atom stereocenters. The van der Waals surface area contributed by atoms with Crippen LogP contribution < -0.4 is 10.1 Å². The molecule has 1 aromatic heterocycles. The highest BCUT2D eigenvalue weighted by Crippen LogP contribution is 2.29. The summed E-state index contributed by atoms with van der Waals surface area (Å²) in [6.07, 6.45) is 2.69. The number of amides is 3. The summed E-state index contributed by atoms with van der Waals surface area (Å²) < 4.78 is 7.07. The average molecular weight is 418 g/mol. The van der Waals surface area contributed by atoms with Crippen LogP contribution in [0.1, 0.15) is 34.6 Å². The van der Waals surface area contributed by atoms with E-state index >= 15 is 0 Å². The number of halogens is 1. The zero-order valence-corrected chi connectivity index (χ0v) is 17.3. The number of ether oxygens (including phenoxy) is 1. The van der Waals surface area contributed by atoms with Crippen LogP contribution in [0.5, 0.6) is 5.75 Å². The minimum absolute atomic E-state index is 0.0434. The Morgan fingerprint density at radius 2 is 1.93 bits per heavy atom. The largest absolute Gasteiger partial charge is 0.495 e. The van der Waals surface area contributed by atoms with Crippen molar-refractivity contribution < 1.29 is 14.3 Å². The van der Waals surface area contributed by atoms with Gasteiger partial charge in [0.1, 0.15) is 5.75 Å². The molecule has 154 valence electrons. The molecule has 4 rings (SSSR count). The molecule has 0 atom stereocenters. The van der Waals surface area contributed by atoms with Gasteiger partial charge in [0, 0.05) is 49.4 Å². The zero-order chi connectivity index (χ0) is 20.5. The summed E-state index contributed by atoms with van der Waals surface area (Å²) in [5.41, 5.74) is 2.82. The molecule has 0 saturated carbocycles. The monoisotopic (exact) mass is 417 g/mol. The molecule has 1 fully saturated rings. The fraction of sp³-hybridized carbons (Fsp3) is 0.450. The van der Waals surface area contributed by atoms with Crippen LogP contribution in [0, 0.1) is 0 Å². The number of nitrogens with zero attached hydrogens (tertiary/aromatic N) is 4. The van der Waals surface area contributed by atoms with E-state index in [-0.39, 0.29) is 11.9 Å². The van der Waals surface area contributed by atoms with Gasteiger partial charge in [-0.2, -0.15) is 5.10 Å². The Balaban J connectivity index is 1.54. The zero-order valence-electron chi connectivity index (χ0n) is 16.6. The van der Waals surface area contributed by atoms with Gasteiger partial charge in [0.25, 0.3) is 5.91 Å². The fourth-order valence-electron chi connectivity index (χ4n) is 3.98. The molecule has 9 heteroatoms. The van der Waals surface area contributed by atoms with Gasteiger partial charge in [-0.1, -0.05) is 11.6 Å². The summed E-state index contributed by atoms with van der Waals surface area (Å²) in [5, 5.41) is 7.86. The van der Waals surface area contributed by atoms with E-state index in [1.165, 1.54) is 7.11 Å². The number of carbonyl (C=O) groups excluding carboxylic acids is 2. The van der Waals surface area contributed by atoms with Gasteiger partial charge >= 0.3 is 6.03 Å². The van der Waals surface area contributed by atoms with Crippen LogP contribution in [-0.2, 0) is 20.0 Å². The van der Waals surface area contributed by atoms with Crippen LogP contribution in [0.3, 0.4) is 0 Å². The van der Waals surface area contributed by atoms with Gasteiger partial charge in [-0.25, -0.2) is 4.79 Å². The van der Waals surface area contributed by atoms with Crippen molar-refractivity contribution in [2.24, 2.45) is 7.05 Å². The van der Waals surface area contributed by atoms with Crippen LogP contribution in [0.25, 0.3) is 0 Å². The first kappa shape index (κ1) is 19.6. The third-order valence-electron chi connectivity index (χ3n) is 5.53. The molecule has 2 aromatic rings. The first-order chi connectivity index (χ1) is 14.0. The number of carbonyl (C=O) groups is 2. The molecule has 3 heterocycles. The Morgan fingerprint density at radius 1 is 1.17 bits per heavy atom. The lowest BCUT2D eigenvalue weighted by atomic mass is 10.0. The lowest BCUT2D eigenvalue weighted by molar-refractivity contribution is 0.0784. The lowest BCUT2D eigenvalue weighted by Crippen LogP contribution is -2.40. The molecular formula is C20H24ClN5O3. The number of rotatable bonds is 3. The summed E-state index contributed by atoms with van der Waals surface area (Å²) in [6, 6.07) is 4.80. The van der Waals surface area contributed by atoms with Gasteiger partial charge in [0.05, 0.1) is 19.3 Å². The Labute approximate surface area is 174 Å². The number of urea groups is 1. The van der Waals surface area contributed by atoms with E-state index in [0.29, 0.717) is 41.7 Å². The number of aryl methyl sites for hydroxylation is 1. The van der Waals surface area contributed by atoms with Crippen molar-refractivity contribution in [3.8, 4) is 5.75 Å². The maximum atomic E-state index is 12.9. The van der Waals surface area contributed by atoms with E-state index in [1.54, 1.807) is 27.8 Å². The van der Waals surface area contributed by atoms with Gasteiger partial charge in [0.15, 0.2) is 5.69 Å². The molecule has 0 radical (unpaired) electrons. The van der Waals surface area contributed by atoms with Crippen LogP contribution in [-0.4, -0.2) is 58.3 Å². The van der Waals surface area contributed by atoms with Crippen LogP contribution in [0.4, 0.5) is 10.5 Å². The first-order valence-corrected chi connectivity index (χ1v) is 10.1. The molecule has 1 N–H and O–H groups in total. The third-order valence-corrected chi connectivity index (χ3v) is 5.76. The molecule has 3 amide bonds. The summed E-state index contributed by atoms with van der Waals surface area (Å²) in [6.45, 7) is 2.41. The van der Waals surface area contributed by atoms with E-state index in [1.807, 2.05) is 11.9 Å². The number of benzene rings is 1. The number of methoxy groups -OCH3 is 1. The normalized spacial score (nSPS) is 16.0. The fourth-order valence-corrected chi connectivity index (χ4v) is 4.15. The smallest absolute Gasteiger partial charge is 0.322 e. The number of fused-ring (bicyclic) bond motifs is 1. The number of nitrogens with one attached hydrogen (secondary N) is 1. The number of likely N-dealkylation sites (tertiary alicyclic amines) is 1. The van der Waals surface area contributed by atoms with Crippen molar-refractivity contribution in [2.75, 3.05) is 32.1 Å². The number of hydrogen-bond acceptors (Lipinski definition) is 4. The summed E-state index contributed by atoms with van der Waals surface area (Å²) in [7, 11) is 3.39. The lowest BCUT2D eigenvalue weighted by Gasteiger charge is -2.28. The van der Waals surface area contributed by atoms with Crippen molar-refractivity contribution in [3.05, 3.63) is 40.2 Å². The Bertz CT molecular complexity index is 952. The molecule has 2 aliphatic heterocycles. The SMILES string of the molecule is COc1ccc(Cl)cc1NC(=O)N1CCc2c(c(C(=O)N3CCCC3)nn2C)C1. The first-order valence-electron chi connectivity index (χ1n) is 9.71. The maximum Gasteiger partial charge on any atom is 0.322 e. The number of anilines is 1. The van der Waals surface area contributed by atoms with E-state index < -0.39 is 0 Å². The van der Waals surface area contributed by atoms with Gasteiger partial charge in [-0.05, 0) is 31.0 Å². The van der Waals surface area contributed by atoms with Gasteiger partial charge in [-0.15, -0.1) is 0 Å². The van der Waals surface area contributed by atoms with Crippen molar-refractivity contribution in [1.82, 2.24) is 19.6 Å². The molecule has 0 bridgehead atoms. The molecular weight excluding hydrogens is 394 g/mol. The van der Waals surface area contributed by atoms with Crippen LogP contribution in [0.2, 0.25) is 5.02 Å². The topological polar surface area (TPSA) is 79.7 Å². The van der Waals surface area contributed by atoms with Gasteiger partial charge in [0.2, 0.25) is 0 Å². The minimum Gasteiger partial charge on any atom is -0.495 e. The molecule has 1 saturated heterocycles. The molecule has 1 aromatic carbocycles. The second-order valence-electron chi connectivity index (χ2n) is 7.34. The standard InChI is InChI=1S/C20H24ClN5O3/c1-24-16-7-10-26(20(28)22-15-11-13(21)5-6-17(15)29-2)12-14(16)18(23-24)19(27)25-8-3-4-9-25/h5-6,11H,3-4,7-10,12H2,1-2H3,(H,22,28). The van der Waals surface area contributed by atoms with Crippen molar-refractivity contribution in [2.45, 2.75) is 25.8 Å². The summed E-state index contributed by atoms with van der Waals surface area (Å²) in [4.78, 5) is 29.3. The highest BCUT2D eigenvalue weighted by atomic mass is 35.5. The van der Waals surface area contributed by atoms with Gasteiger partial charge < -0.3 is 19.9 Å². The average Bonchev–Trinajstić information content (AvgIpc) is 3.36. The van der Waals surface area contributed by atoms with Crippen LogP contribution >= 0.6 is 11.6 Å². The van der Waals surface area contributed by atoms with E-state index in [0.717, 1.165) is 37.2 Å². The molecule has 0 spiro atoms. The minimum atomic E-state index is -0.264. The third kappa shape index (κ3) is 3.76. The van der Waals surface area contributed by atoms with E-state index in [4.69, 9.17) is 16.3 Å². The number of aromatic nitrogens is 2. The quantitative estimate of drug-likeness (QED) is 0.832. The van der Waals surface area contributed by atoms with Gasteiger partial charge in [-0.3, -0.25) is 9.48 Å². The molecule has 29 heavy (non-hydrogen) atoms.